The summed E-state index contributed by atoms with van der Waals surface area (Å²) in [6.45, 7) is 4.15. The van der Waals surface area contributed by atoms with Crippen molar-refractivity contribution in [2.45, 2.75) is 24.8 Å². The summed E-state index contributed by atoms with van der Waals surface area (Å²) in [6, 6.07) is 4.23. The zero-order chi connectivity index (χ0) is 19.9. The predicted octanol–water partition coefficient (Wildman–Crippen LogP) is 0.641. The molecular weight excluding hydrogens is 370 g/mol. The quantitative estimate of drug-likeness (QED) is 0.643. The first-order chi connectivity index (χ1) is 12.6. The summed E-state index contributed by atoms with van der Waals surface area (Å²) in [5.74, 6) is 0.808. The number of primary sulfonamides is 1. The van der Waals surface area contributed by atoms with Crippen LogP contribution in [0.25, 0.3) is 0 Å². The van der Waals surface area contributed by atoms with Gasteiger partial charge in [0.25, 0.3) is 0 Å². The highest BCUT2D eigenvalue weighted by molar-refractivity contribution is 7.89. The lowest BCUT2D eigenvalue weighted by Gasteiger charge is -2.36. The topological polar surface area (TPSA) is 148 Å². The van der Waals surface area contributed by atoms with E-state index in [1.807, 2.05) is 18.7 Å². The molecule has 0 atom stereocenters. The van der Waals surface area contributed by atoms with E-state index in [2.05, 4.69) is 15.3 Å². The molecule has 0 saturated carbocycles. The number of hydrogen-bond acceptors (Lipinski definition) is 8. The minimum atomic E-state index is -3.90. The molecule has 0 bridgehead atoms. The van der Waals surface area contributed by atoms with Crippen LogP contribution in [0.15, 0.2) is 29.3 Å². The Labute approximate surface area is 157 Å². The first-order valence-corrected chi connectivity index (χ1v) is 9.71. The SMILES string of the molecule is CC(C)N1CC(=O)N(C)c2cnc(Nc3cc(N)cc(S(N)(=O)=O)c3)nc21. The smallest absolute Gasteiger partial charge is 0.246 e. The molecule has 0 aliphatic carbocycles. The van der Waals surface area contributed by atoms with Crippen molar-refractivity contribution >= 4 is 44.8 Å². The van der Waals surface area contributed by atoms with Crippen LogP contribution in [0.3, 0.4) is 0 Å². The largest absolute Gasteiger partial charge is 0.399 e. The standard InChI is InChI=1S/C16H21N7O3S/c1-9(2)23-8-14(24)22(3)13-7-19-16(21-15(13)23)20-11-4-10(17)5-12(6-11)27(18,25)26/h4-7,9H,8,17H2,1-3H3,(H2,18,25,26)(H,19,20,21). The van der Waals surface area contributed by atoms with Crippen LogP contribution in [0.4, 0.5) is 28.8 Å². The van der Waals surface area contributed by atoms with Crippen LogP contribution in [0.2, 0.25) is 0 Å². The summed E-state index contributed by atoms with van der Waals surface area (Å²) in [6.07, 6.45) is 1.55. The number of nitrogens with zero attached hydrogens (tertiary/aromatic N) is 4. The number of nitrogen functional groups attached to an aromatic ring is 1. The molecule has 3 rings (SSSR count). The molecule has 1 aromatic heterocycles. The summed E-state index contributed by atoms with van der Waals surface area (Å²) in [5.41, 5.74) is 6.98. The number of likely N-dealkylation sites (N-methyl/N-ethyl adjacent to an activating group) is 1. The van der Waals surface area contributed by atoms with Gasteiger partial charge in [0, 0.05) is 24.5 Å². The van der Waals surface area contributed by atoms with Crippen LogP contribution in [-0.4, -0.2) is 43.9 Å². The molecule has 0 saturated heterocycles. The van der Waals surface area contributed by atoms with Crippen molar-refractivity contribution in [3.05, 3.63) is 24.4 Å². The second-order valence-corrected chi connectivity index (χ2v) is 8.10. The van der Waals surface area contributed by atoms with E-state index in [-0.39, 0.29) is 35.0 Å². The van der Waals surface area contributed by atoms with Crippen molar-refractivity contribution in [2.24, 2.45) is 5.14 Å². The maximum Gasteiger partial charge on any atom is 0.246 e. The molecule has 2 heterocycles. The highest BCUT2D eigenvalue weighted by atomic mass is 32.2. The van der Waals surface area contributed by atoms with Gasteiger partial charge in [-0.2, -0.15) is 4.98 Å². The van der Waals surface area contributed by atoms with E-state index >= 15 is 0 Å². The van der Waals surface area contributed by atoms with Gasteiger partial charge in [-0.15, -0.1) is 0 Å². The summed E-state index contributed by atoms with van der Waals surface area (Å²) in [5, 5.41) is 8.11. The second kappa shape index (κ2) is 6.67. The molecule has 2 aromatic rings. The molecule has 5 N–H and O–H groups in total. The third-order valence-corrected chi connectivity index (χ3v) is 5.09. The minimum absolute atomic E-state index is 0.0471. The van der Waals surface area contributed by atoms with Gasteiger partial charge < -0.3 is 20.9 Å². The van der Waals surface area contributed by atoms with E-state index < -0.39 is 10.0 Å². The van der Waals surface area contributed by atoms with Crippen molar-refractivity contribution in [3.63, 3.8) is 0 Å². The van der Waals surface area contributed by atoms with E-state index in [9.17, 15) is 13.2 Å². The Hall–Kier alpha value is -2.92. The summed E-state index contributed by atoms with van der Waals surface area (Å²) in [7, 11) is -2.23. The molecular formula is C16H21N7O3S. The molecule has 27 heavy (non-hydrogen) atoms. The molecule has 11 heteroatoms. The molecule has 0 fully saturated rings. The predicted molar refractivity (Wildman–Crippen MR) is 103 cm³/mol. The van der Waals surface area contributed by atoms with Crippen LogP contribution in [0.5, 0.6) is 0 Å². The maximum atomic E-state index is 12.1. The van der Waals surface area contributed by atoms with E-state index in [1.54, 1.807) is 19.3 Å². The Balaban J connectivity index is 2.00. The van der Waals surface area contributed by atoms with Crippen molar-refractivity contribution in [3.8, 4) is 0 Å². The number of carbonyl (C=O) groups is 1. The fraction of sp³-hybridized carbons (Fsp3) is 0.312. The Morgan fingerprint density at radius 3 is 2.59 bits per heavy atom. The lowest BCUT2D eigenvalue weighted by atomic mass is 10.2. The molecule has 0 unspecified atom stereocenters. The van der Waals surface area contributed by atoms with Crippen LogP contribution in [0.1, 0.15) is 13.8 Å². The number of carbonyl (C=O) groups excluding carboxylic acids is 1. The van der Waals surface area contributed by atoms with Gasteiger partial charge in [-0.25, -0.2) is 18.5 Å². The highest BCUT2D eigenvalue weighted by Gasteiger charge is 2.30. The minimum Gasteiger partial charge on any atom is -0.399 e. The van der Waals surface area contributed by atoms with Gasteiger partial charge in [0.15, 0.2) is 5.82 Å². The van der Waals surface area contributed by atoms with E-state index in [0.717, 1.165) is 0 Å². The molecule has 144 valence electrons. The van der Waals surface area contributed by atoms with E-state index in [0.29, 0.717) is 17.2 Å². The van der Waals surface area contributed by atoms with Gasteiger partial charge in [-0.1, -0.05) is 0 Å². The highest BCUT2D eigenvalue weighted by Crippen LogP contribution is 2.33. The number of rotatable bonds is 4. The lowest BCUT2D eigenvalue weighted by molar-refractivity contribution is -0.117. The number of aromatic nitrogens is 2. The number of hydrogen-bond donors (Lipinski definition) is 3. The van der Waals surface area contributed by atoms with Gasteiger partial charge in [0.2, 0.25) is 21.9 Å². The maximum absolute atomic E-state index is 12.1. The van der Waals surface area contributed by atoms with Crippen LogP contribution >= 0.6 is 0 Å². The Morgan fingerprint density at radius 2 is 1.96 bits per heavy atom. The summed E-state index contributed by atoms with van der Waals surface area (Å²) in [4.78, 5) is 24.1. The number of amides is 1. The Bertz CT molecular complexity index is 1010. The number of nitrogens with one attached hydrogen (secondary N) is 1. The Kier molecular flexibility index (Phi) is 4.66. The summed E-state index contributed by atoms with van der Waals surface area (Å²) >= 11 is 0. The number of sulfonamides is 1. The molecule has 1 amide bonds. The monoisotopic (exact) mass is 391 g/mol. The molecule has 0 spiro atoms. The third kappa shape index (κ3) is 3.78. The molecule has 1 aromatic carbocycles. The van der Waals surface area contributed by atoms with E-state index in [1.165, 1.54) is 17.0 Å². The fourth-order valence-corrected chi connectivity index (χ4v) is 3.34. The number of benzene rings is 1. The van der Waals surface area contributed by atoms with Gasteiger partial charge in [0.05, 0.1) is 17.6 Å². The van der Waals surface area contributed by atoms with Crippen LogP contribution < -0.4 is 26.0 Å². The van der Waals surface area contributed by atoms with Gasteiger partial charge in [-0.05, 0) is 32.0 Å². The lowest BCUT2D eigenvalue weighted by Crippen LogP contribution is -2.47. The first kappa shape index (κ1) is 18.9. The average molecular weight is 391 g/mol. The fourth-order valence-electron chi connectivity index (χ4n) is 2.75. The van der Waals surface area contributed by atoms with Gasteiger partial charge >= 0.3 is 0 Å². The second-order valence-electron chi connectivity index (χ2n) is 6.54. The molecule has 10 nitrogen and oxygen atoms in total. The van der Waals surface area contributed by atoms with E-state index in [4.69, 9.17) is 10.9 Å². The van der Waals surface area contributed by atoms with Gasteiger partial charge in [0.1, 0.15) is 5.69 Å². The molecule has 0 radical (unpaired) electrons. The number of nitrogens with two attached hydrogens (primary N) is 2. The molecule has 1 aliphatic heterocycles. The normalized spacial score (nSPS) is 14.5. The van der Waals surface area contributed by atoms with Gasteiger partial charge in [-0.3, -0.25) is 4.79 Å². The third-order valence-electron chi connectivity index (χ3n) is 4.20. The van der Waals surface area contributed by atoms with Crippen LogP contribution in [0, 0.1) is 0 Å². The zero-order valence-electron chi connectivity index (χ0n) is 15.2. The zero-order valence-corrected chi connectivity index (χ0v) is 16.0. The number of anilines is 5. The van der Waals surface area contributed by atoms with Crippen molar-refractivity contribution in [1.29, 1.82) is 0 Å². The Morgan fingerprint density at radius 1 is 1.26 bits per heavy atom. The van der Waals surface area contributed by atoms with Crippen molar-refractivity contribution in [2.75, 3.05) is 34.4 Å². The van der Waals surface area contributed by atoms with Crippen molar-refractivity contribution < 1.29 is 13.2 Å². The van der Waals surface area contributed by atoms with Crippen LogP contribution in [-0.2, 0) is 14.8 Å². The molecule has 1 aliphatic rings. The first-order valence-electron chi connectivity index (χ1n) is 8.17. The van der Waals surface area contributed by atoms with Crippen molar-refractivity contribution in [1.82, 2.24) is 9.97 Å². The number of fused-ring (bicyclic) bond motifs is 1. The summed E-state index contributed by atoms with van der Waals surface area (Å²) < 4.78 is 23.2. The average Bonchev–Trinajstić information content (AvgIpc) is 2.56.